The van der Waals surface area contributed by atoms with E-state index in [2.05, 4.69) is 54.0 Å². The molecule has 0 heterocycles. The smallest absolute Gasteiger partial charge is 0.130 e. The van der Waals surface area contributed by atoms with Crippen LogP contribution in [-0.4, -0.2) is 25.5 Å². The maximum absolute atomic E-state index is 6.06. The van der Waals surface area contributed by atoms with Gasteiger partial charge < -0.3 is 9.64 Å². The van der Waals surface area contributed by atoms with Crippen LogP contribution in [0.2, 0.25) is 0 Å². The summed E-state index contributed by atoms with van der Waals surface area (Å²) in [6.07, 6.45) is 1.12. The lowest BCUT2D eigenvalue weighted by atomic mass is 9.96. The van der Waals surface area contributed by atoms with Crippen LogP contribution < -0.4 is 4.74 Å². The van der Waals surface area contributed by atoms with Crippen LogP contribution in [-0.2, 0) is 0 Å². The molecule has 0 radical (unpaired) electrons. The number of ether oxygens (including phenoxy) is 1. The zero-order valence-corrected chi connectivity index (χ0v) is 14.4. The van der Waals surface area contributed by atoms with Crippen molar-refractivity contribution in [3.8, 4) is 11.5 Å². The highest BCUT2D eigenvalue weighted by Gasteiger charge is 2.12. The summed E-state index contributed by atoms with van der Waals surface area (Å²) in [4.78, 5) is 2.22. The summed E-state index contributed by atoms with van der Waals surface area (Å²) in [6, 6.07) is 16.3. The van der Waals surface area contributed by atoms with Crippen LogP contribution in [0.25, 0.3) is 0 Å². The van der Waals surface area contributed by atoms with E-state index < -0.39 is 0 Å². The second-order valence-corrected chi connectivity index (χ2v) is 6.50. The number of benzene rings is 2. The molecule has 1 atom stereocenters. The van der Waals surface area contributed by atoms with E-state index in [1.165, 1.54) is 5.56 Å². The molecule has 0 aliphatic heterocycles. The minimum Gasteiger partial charge on any atom is -0.457 e. The van der Waals surface area contributed by atoms with E-state index in [1.807, 2.05) is 36.4 Å². The molecule has 3 heteroatoms. The van der Waals surface area contributed by atoms with Gasteiger partial charge in [0.25, 0.3) is 0 Å². The molecule has 2 aromatic rings. The zero-order chi connectivity index (χ0) is 15.2. The number of rotatable bonds is 6. The molecule has 0 amide bonds. The van der Waals surface area contributed by atoms with Crippen molar-refractivity contribution >= 4 is 15.9 Å². The Morgan fingerprint density at radius 1 is 1.05 bits per heavy atom. The molecule has 2 nitrogen and oxygen atoms in total. The molecule has 0 fully saturated rings. The van der Waals surface area contributed by atoms with E-state index in [9.17, 15) is 0 Å². The van der Waals surface area contributed by atoms with Crippen molar-refractivity contribution < 1.29 is 4.74 Å². The number of hydrogen-bond acceptors (Lipinski definition) is 2. The number of nitrogens with zero attached hydrogens (tertiary/aromatic N) is 1. The Hall–Kier alpha value is -1.32. The van der Waals surface area contributed by atoms with Gasteiger partial charge in [0.1, 0.15) is 11.5 Å². The fourth-order valence-electron chi connectivity index (χ4n) is 2.22. The van der Waals surface area contributed by atoms with E-state index in [4.69, 9.17) is 4.74 Å². The molecule has 1 unspecified atom stereocenters. The second kappa shape index (κ2) is 7.62. The van der Waals surface area contributed by atoms with Crippen molar-refractivity contribution in [2.45, 2.75) is 19.3 Å². The van der Waals surface area contributed by atoms with Crippen molar-refractivity contribution in [2.75, 3.05) is 20.6 Å². The van der Waals surface area contributed by atoms with Crippen LogP contribution in [0.5, 0.6) is 11.5 Å². The lowest BCUT2D eigenvalue weighted by Crippen LogP contribution is -2.15. The quantitative estimate of drug-likeness (QED) is 0.703. The van der Waals surface area contributed by atoms with Crippen LogP contribution >= 0.6 is 15.9 Å². The van der Waals surface area contributed by atoms with Gasteiger partial charge in [0, 0.05) is 4.47 Å². The molecule has 112 valence electrons. The second-order valence-electron chi connectivity index (χ2n) is 5.59. The van der Waals surface area contributed by atoms with Gasteiger partial charge in [0.05, 0.1) is 0 Å². The molecule has 0 saturated carbocycles. The molecule has 0 aliphatic rings. The van der Waals surface area contributed by atoms with Gasteiger partial charge in [-0.15, -0.1) is 0 Å². The van der Waals surface area contributed by atoms with E-state index in [1.54, 1.807) is 0 Å². The fraction of sp³-hybridized carbons (Fsp3) is 0.333. The van der Waals surface area contributed by atoms with Gasteiger partial charge in [-0.2, -0.15) is 0 Å². The summed E-state index contributed by atoms with van der Waals surface area (Å²) in [5.41, 5.74) is 1.27. The molecule has 0 spiro atoms. The van der Waals surface area contributed by atoms with Crippen molar-refractivity contribution in [1.29, 1.82) is 0 Å². The molecule has 0 N–H and O–H groups in total. The van der Waals surface area contributed by atoms with Gasteiger partial charge in [-0.1, -0.05) is 41.1 Å². The summed E-state index contributed by atoms with van der Waals surface area (Å²) in [5.74, 6) is 2.29. The summed E-state index contributed by atoms with van der Waals surface area (Å²) < 4.78 is 7.12. The minimum absolute atomic E-state index is 0.471. The lowest BCUT2D eigenvalue weighted by Gasteiger charge is -2.18. The van der Waals surface area contributed by atoms with Crippen molar-refractivity contribution in [1.82, 2.24) is 4.90 Å². The largest absolute Gasteiger partial charge is 0.457 e. The third-order valence-electron chi connectivity index (χ3n) is 3.50. The molecule has 21 heavy (non-hydrogen) atoms. The molecule has 0 saturated heterocycles. The number of para-hydroxylation sites is 1. The third-order valence-corrected chi connectivity index (χ3v) is 4.03. The van der Waals surface area contributed by atoms with E-state index in [0.717, 1.165) is 28.9 Å². The molecule has 0 aliphatic carbocycles. The Bertz CT molecular complexity index is 566. The predicted octanol–water partition coefficient (Wildman–Crippen LogP) is 5.30. The Morgan fingerprint density at radius 2 is 1.71 bits per heavy atom. The number of halogens is 1. The predicted molar refractivity (Wildman–Crippen MR) is 92.2 cm³/mol. The van der Waals surface area contributed by atoms with Gasteiger partial charge >= 0.3 is 0 Å². The average Bonchev–Trinajstić information content (AvgIpc) is 2.48. The highest BCUT2D eigenvalue weighted by molar-refractivity contribution is 9.10. The first kappa shape index (κ1) is 16.1. The van der Waals surface area contributed by atoms with Crippen LogP contribution in [0.15, 0.2) is 53.0 Å². The van der Waals surface area contributed by atoms with Crippen LogP contribution in [0.1, 0.15) is 24.8 Å². The molecule has 0 bridgehead atoms. The molecule has 2 aromatic carbocycles. The molecule has 2 rings (SSSR count). The van der Waals surface area contributed by atoms with Gasteiger partial charge in [-0.3, -0.25) is 0 Å². The Kier molecular flexibility index (Phi) is 5.83. The fourth-order valence-corrected chi connectivity index (χ4v) is 2.48. The Morgan fingerprint density at radius 3 is 2.38 bits per heavy atom. The molecular weight excluding hydrogens is 326 g/mol. The van der Waals surface area contributed by atoms with Gasteiger partial charge in [-0.25, -0.2) is 0 Å². The van der Waals surface area contributed by atoms with Crippen LogP contribution in [0, 0.1) is 0 Å². The summed E-state index contributed by atoms with van der Waals surface area (Å²) in [5, 5.41) is 0. The molecule has 0 aromatic heterocycles. The van der Waals surface area contributed by atoms with Gasteiger partial charge in [0.15, 0.2) is 0 Å². The minimum atomic E-state index is 0.471. The highest BCUT2D eigenvalue weighted by Crippen LogP contribution is 2.32. The Balaban J connectivity index is 2.14. The zero-order valence-electron chi connectivity index (χ0n) is 12.8. The maximum atomic E-state index is 6.06. The van der Waals surface area contributed by atoms with Crippen molar-refractivity contribution in [3.05, 3.63) is 58.6 Å². The van der Waals surface area contributed by atoms with E-state index >= 15 is 0 Å². The monoisotopic (exact) mass is 347 g/mol. The summed E-state index contributed by atoms with van der Waals surface area (Å²) in [7, 11) is 4.22. The normalized spacial score (nSPS) is 12.4. The standard InChI is InChI=1S/C18H22BrNO/c1-14(12-13-20(2)3)17-6-4-5-7-18(17)21-16-10-8-15(19)9-11-16/h4-11,14H,12-13H2,1-3H3. The summed E-state index contributed by atoms with van der Waals surface area (Å²) in [6.45, 7) is 3.33. The van der Waals surface area contributed by atoms with Gasteiger partial charge in [-0.05, 0) is 68.9 Å². The SMILES string of the molecule is CC(CCN(C)C)c1ccccc1Oc1ccc(Br)cc1. The molecular formula is C18H22BrNO. The van der Waals surface area contributed by atoms with Crippen LogP contribution in [0.3, 0.4) is 0 Å². The first-order valence-electron chi connectivity index (χ1n) is 7.23. The average molecular weight is 348 g/mol. The van der Waals surface area contributed by atoms with Crippen molar-refractivity contribution in [3.63, 3.8) is 0 Å². The van der Waals surface area contributed by atoms with E-state index in [-0.39, 0.29) is 0 Å². The Labute approximate surface area is 135 Å². The first-order chi connectivity index (χ1) is 10.1. The highest BCUT2D eigenvalue weighted by atomic mass is 79.9. The lowest BCUT2D eigenvalue weighted by molar-refractivity contribution is 0.382. The van der Waals surface area contributed by atoms with Crippen LogP contribution in [0.4, 0.5) is 0 Å². The van der Waals surface area contributed by atoms with Gasteiger partial charge in [0.2, 0.25) is 0 Å². The number of hydrogen-bond donors (Lipinski definition) is 0. The maximum Gasteiger partial charge on any atom is 0.130 e. The first-order valence-corrected chi connectivity index (χ1v) is 8.02. The topological polar surface area (TPSA) is 12.5 Å². The summed E-state index contributed by atoms with van der Waals surface area (Å²) >= 11 is 3.44. The van der Waals surface area contributed by atoms with Crippen molar-refractivity contribution in [2.24, 2.45) is 0 Å². The van der Waals surface area contributed by atoms with E-state index in [0.29, 0.717) is 5.92 Å². The third kappa shape index (κ3) is 4.87.